The normalized spacial score (nSPS) is 16.1. The van der Waals surface area contributed by atoms with Crippen molar-refractivity contribution in [2.75, 3.05) is 31.5 Å². The Kier molecular flexibility index (Phi) is 12.1. The van der Waals surface area contributed by atoms with Gasteiger partial charge in [-0.15, -0.1) is 0 Å². The minimum absolute atomic E-state index is 0.00114. The first-order chi connectivity index (χ1) is 24.1. The van der Waals surface area contributed by atoms with E-state index in [0.717, 1.165) is 52.6 Å². The second kappa shape index (κ2) is 16.7. The molecule has 0 bridgehead atoms. The number of methoxy groups -OCH3 is 2. The van der Waals surface area contributed by atoms with Crippen LogP contribution in [0.4, 0.5) is 11.4 Å². The molecule has 1 aliphatic carbocycles. The standard InChI is InChI=1S/C38H46N6O6/c1-22(21-45)39-17-25-19-41-32(15-35(25)49-4)37(47)43-29-11-6-9-27(23(29)2)28-10-7-12-30(24(28)3)44-38(48)33-16-36(50-5)26(20-42-33)18-40-31-13-8-14-34(31)46/h6-7,9-12,15-16,19-20,22,31,34,39-40,45-46H,8,13-14,17-18,21H2,1-5H3,(H,43,47)(H,44,48)/t22-,31-,34-/m0/s1. The summed E-state index contributed by atoms with van der Waals surface area (Å²) in [5, 5.41) is 32.0. The molecular formula is C38H46N6O6. The predicted octanol–water partition coefficient (Wildman–Crippen LogP) is 4.76. The summed E-state index contributed by atoms with van der Waals surface area (Å²) in [7, 11) is 3.09. The highest BCUT2D eigenvalue weighted by atomic mass is 16.5. The molecule has 12 nitrogen and oxygen atoms in total. The zero-order valence-electron chi connectivity index (χ0n) is 29.2. The largest absolute Gasteiger partial charge is 0.496 e. The van der Waals surface area contributed by atoms with Gasteiger partial charge in [0.05, 0.1) is 26.9 Å². The number of nitrogens with one attached hydrogen (secondary N) is 4. The van der Waals surface area contributed by atoms with Gasteiger partial charge < -0.3 is 41.0 Å². The third kappa shape index (κ3) is 8.45. The fraction of sp³-hybridized carbons (Fsp3) is 0.368. The molecule has 50 heavy (non-hydrogen) atoms. The van der Waals surface area contributed by atoms with Gasteiger partial charge in [-0.2, -0.15) is 0 Å². The lowest BCUT2D eigenvalue weighted by atomic mass is 9.94. The zero-order chi connectivity index (χ0) is 35.8. The molecule has 2 heterocycles. The van der Waals surface area contributed by atoms with E-state index in [1.807, 2.05) is 57.2 Å². The molecule has 2 aromatic heterocycles. The third-order valence-corrected chi connectivity index (χ3v) is 9.20. The average molecular weight is 683 g/mol. The number of amides is 2. The Bertz CT molecular complexity index is 1830. The van der Waals surface area contributed by atoms with Crippen LogP contribution in [0.15, 0.2) is 60.9 Å². The number of rotatable bonds is 14. The van der Waals surface area contributed by atoms with Gasteiger partial charge in [0.1, 0.15) is 22.9 Å². The number of pyridine rings is 2. The molecule has 0 aliphatic heterocycles. The van der Waals surface area contributed by atoms with Crippen LogP contribution in [0.5, 0.6) is 11.5 Å². The number of hydrogen-bond acceptors (Lipinski definition) is 10. The number of aliphatic hydroxyl groups excluding tert-OH is 2. The van der Waals surface area contributed by atoms with Crippen LogP contribution in [-0.4, -0.2) is 71.0 Å². The molecule has 2 aromatic carbocycles. The van der Waals surface area contributed by atoms with E-state index in [4.69, 9.17) is 9.47 Å². The number of carbonyl (C=O) groups excluding carboxylic acids is 2. The van der Waals surface area contributed by atoms with Gasteiger partial charge in [-0.05, 0) is 74.4 Å². The lowest BCUT2D eigenvalue weighted by Gasteiger charge is -2.18. The Balaban J connectivity index is 1.30. The molecule has 5 rings (SSSR count). The number of aromatic nitrogens is 2. The van der Waals surface area contributed by atoms with Crippen LogP contribution in [-0.2, 0) is 13.1 Å². The minimum Gasteiger partial charge on any atom is -0.496 e. The van der Waals surface area contributed by atoms with Crippen molar-refractivity contribution < 1.29 is 29.3 Å². The van der Waals surface area contributed by atoms with E-state index < -0.39 is 0 Å². The second-order valence-electron chi connectivity index (χ2n) is 12.6. The molecule has 6 N–H and O–H groups in total. The summed E-state index contributed by atoms with van der Waals surface area (Å²) < 4.78 is 11.1. The van der Waals surface area contributed by atoms with E-state index in [0.29, 0.717) is 36.0 Å². The fourth-order valence-electron chi connectivity index (χ4n) is 6.09. The quantitative estimate of drug-likeness (QED) is 0.109. The van der Waals surface area contributed by atoms with Gasteiger partial charge in [-0.25, -0.2) is 0 Å². The Labute approximate surface area is 292 Å². The summed E-state index contributed by atoms with van der Waals surface area (Å²) in [6.45, 7) is 6.64. The van der Waals surface area contributed by atoms with Crippen molar-refractivity contribution in [3.8, 4) is 22.6 Å². The van der Waals surface area contributed by atoms with Crippen molar-refractivity contribution in [1.29, 1.82) is 0 Å². The van der Waals surface area contributed by atoms with Gasteiger partial charge in [0.15, 0.2) is 0 Å². The molecule has 3 atom stereocenters. The van der Waals surface area contributed by atoms with Crippen molar-refractivity contribution in [2.45, 2.75) is 71.3 Å². The molecule has 0 saturated heterocycles. The van der Waals surface area contributed by atoms with Gasteiger partial charge in [0, 0.05) is 72.2 Å². The van der Waals surface area contributed by atoms with Crippen molar-refractivity contribution in [2.24, 2.45) is 0 Å². The summed E-state index contributed by atoms with van der Waals surface area (Å²) in [4.78, 5) is 35.5. The van der Waals surface area contributed by atoms with E-state index in [9.17, 15) is 19.8 Å². The Morgan fingerprint density at radius 2 is 1.36 bits per heavy atom. The summed E-state index contributed by atoms with van der Waals surface area (Å²) in [5.74, 6) is 0.300. The molecule has 12 heteroatoms. The zero-order valence-corrected chi connectivity index (χ0v) is 29.2. The number of anilines is 2. The highest BCUT2D eigenvalue weighted by molar-refractivity contribution is 6.05. The Morgan fingerprint density at radius 1 is 0.840 bits per heavy atom. The molecule has 1 aliphatic rings. The van der Waals surface area contributed by atoms with E-state index in [1.165, 1.54) is 7.11 Å². The van der Waals surface area contributed by atoms with Crippen LogP contribution in [0.25, 0.3) is 11.1 Å². The first-order valence-electron chi connectivity index (χ1n) is 16.8. The van der Waals surface area contributed by atoms with Gasteiger partial charge in [-0.3, -0.25) is 19.6 Å². The van der Waals surface area contributed by atoms with Crippen LogP contribution in [0, 0.1) is 13.8 Å². The number of aliphatic hydroxyl groups is 2. The highest BCUT2D eigenvalue weighted by Gasteiger charge is 2.25. The molecule has 2 amide bonds. The van der Waals surface area contributed by atoms with E-state index in [1.54, 1.807) is 31.6 Å². The molecular weight excluding hydrogens is 636 g/mol. The van der Waals surface area contributed by atoms with Crippen LogP contribution in [0.2, 0.25) is 0 Å². The van der Waals surface area contributed by atoms with Crippen LogP contribution >= 0.6 is 0 Å². The van der Waals surface area contributed by atoms with E-state index in [2.05, 4.69) is 31.2 Å². The highest BCUT2D eigenvalue weighted by Crippen LogP contribution is 2.34. The SMILES string of the molecule is COc1cc(C(=O)Nc2cccc(-c3cccc(NC(=O)c4cc(OC)c(CN[C@@H](C)CO)cn4)c3C)c2C)ncc1CN[C@H]1CCC[C@@H]1O. The number of hydrogen-bond donors (Lipinski definition) is 6. The molecule has 0 unspecified atom stereocenters. The maximum absolute atomic E-state index is 13.4. The van der Waals surface area contributed by atoms with Crippen molar-refractivity contribution in [3.63, 3.8) is 0 Å². The summed E-state index contributed by atoms with van der Waals surface area (Å²) in [6.07, 6.45) is 5.57. The monoisotopic (exact) mass is 682 g/mol. The average Bonchev–Trinajstić information content (AvgIpc) is 3.55. The minimum atomic E-state index is -0.384. The first-order valence-corrected chi connectivity index (χ1v) is 16.8. The lowest BCUT2D eigenvalue weighted by Crippen LogP contribution is -2.35. The maximum atomic E-state index is 13.4. The van der Waals surface area contributed by atoms with Crippen molar-refractivity contribution in [1.82, 2.24) is 20.6 Å². The molecule has 1 fully saturated rings. The number of ether oxygens (including phenoxy) is 2. The molecule has 264 valence electrons. The Hall–Kier alpha value is -4.88. The van der Waals surface area contributed by atoms with E-state index in [-0.39, 0.29) is 48.0 Å². The summed E-state index contributed by atoms with van der Waals surface area (Å²) in [5.41, 5.74) is 6.72. The van der Waals surface area contributed by atoms with Crippen LogP contribution in [0.1, 0.15) is 69.4 Å². The molecule has 1 saturated carbocycles. The summed E-state index contributed by atoms with van der Waals surface area (Å²) in [6, 6.07) is 14.5. The van der Waals surface area contributed by atoms with Gasteiger partial charge >= 0.3 is 0 Å². The van der Waals surface area contributed by atoms with E-state index >= 15 is 0 Å². The topological polar surface area (TPSA) is 167 Å². The van der Waals surface area contributed by atoms with Gasteiger partial charge in [-0.1, -0.05) is 24.3 Å². The first kappa shape index (κ1) is 36.4. The Morgan fingerprint density at radius 3 is 1.82 bits per heavy atom. The van der Waals surface area contributed by atoms with Crippen molar-refractivity contribution >= 4 is 23.2 Å². The predicted molar refractivity (Wildman–Crippen MR) is 193 cm³/mol. The molecule has 0 radical (unpaired) electrons. The molecule has 0 spiro atoms. The second-order valence-corrected chi connectivity index (χ2v) is 12.6. The summed E-state index contributed by atoms with van der Waals surface area (Å²) >= 11 is 0. The number of carbonyl (C=O) groups is 2. The van der Waals surface area contributed by atoms with Crippen molar-refractivity contribution in [3.05, 3.63) is 94.6 Å². The number of nitrogens with zero attached hydrogens (tertiary/aromatic N) is 2. The van der Waals surface area contributed by atoms with Gasteiger partial charge in [0.2, 0.25) is 0 Å². The third-order valence-electron chi connectivity index (χ3n) is 9.20. The lowest BCUT2D eigenvalue weighted by molar-refractivity contribution is 0.101. The van der Waals surface area contributed by atoms with Crippen LogP contribution in [0.3, 0.4) is 0 Å². The fourth-order valence-corrected chi connectivity index (χ4v) is 6.09. The van der Waals surface area contributed by atoms with Crippen LogP contribution < -0.4 is 30.7 Å². The maximum Gasteiger partial charge on any atom is 0.274 e. The number of benzene rings is 2. The smallest absolute Gasteiger partial charge is 0.274 e. The van der Waals surface area contributed by atoms with Gasteiger partial charge in [0.25, 0.3) is 11.8 Å². The molecule has 4 aromatic rings.